The quantitative estimate of drug-likeness (QED) is 0.861. The molecule has 112 valence electrons. The molecule has 0 unspecified atom stereocenters. The lowest BCUT2D eigenvalue weighted by molar-refractivity contribution is -0.137. The van der Waals surface area contributed by atoms with Crippen LogP contribution in [0, 0.1) is 5.82 Å². The Labute approximate surface area is 115 Å². The van der Waals surface area contributed by atoms with E-state index >= 15 is 0 Å². The number of nitrogens with zero attached hydrogens (tertiary/aromatic N) is 1. The number of piperidine rings is 1. The molecule has 6 heteroatoms. The van der Waals surface area contributed by atoms with Crippen LogP contribution >= 0.6 is 0 Å². The Morgan fingerprint density at radius 3 is 2.45 bits per heavy atom. The molecule has 2 rings (SSSR count). The topological polar surface area (TPSA) is 15.3 Å². The van der Waals surface area contributed by atoms with Crippen molar-refractivity contribution in [3.8, 4) is 0 Å². The summed E-state index contributed by atoms with van der Waals surface area (Å²) in [7, 11) is 2.04. The highest BCUT2D eigenvalue weighted by Gasteiger charge is 2.31. The van der Waals surface area contributed by atoms with E-state index in [4.69, 9.17) is 0 Å². The second-order valence-corrected chi connectivity index (χ2v) is 5.30. The summed E-state index contributed by atoms with van der Waals surface area (Å²) in [6, 6.07) is 2.96. The molecule has 20 heavy (non-hydrogen) atoms. The first-order valence-corrected chi connectivity index (χ1v) is 6.63. The molecule has 1 aliphatic rings. The lowest BCUT2D eigenvalue weighted by Gasteiger charge is -2.29. The van der Waals surface area contributed by atoms with Crippen LogP contribution in [-0.4, -0.2) is 31.1 Å². The van der Waals surface area contributed by atoms with Crippen molar-refractivity contribution in [1.82, 2.24) is 10.2 Å². The lowest BCUT2D eigenvalue weighted by atomic mass is 10.0. The van der Waals surface area contributed by atoms with Crippen molar-refractivity contribution in [3.05, 3.63) is 35.1 Å². The van der Waals surface area contributed by atoms with E-state index in [9.17, 15) is 17.6 Å². The molecule has 0 aromatic heterocycles. The molecule has 0 bridgehead atoms. The second kappa shape index (κ2) is 6.10. The number of benzene rings is 1. The number of alkyl halides is 3. The normalized spacial score (nSPS) is 18.4. The summed E-state index contributed by atoms with van der Waals surface area (Å²) < 4.78 is 51.0. The van der Waals surface area contributed by atoms with Gasteiger partial charge >= 0.3 is 6.18 Å². The van der Waals surface area contributed by atoms with Crippen molar-refractivity contribution >= 4 is 0 Å². The van der Waals surface area contributed by atoms with Crippen LogP contribution in [0.5, 0.6) is 0 Å². The van der Waals surface area contributed by atoms with E-state index in [-0.39, 0.29) is 12.6 Å². The molecule has 0 saturated carbocycles. The Balaban J connectivity index is 1.97. The molecule has 1 fully saturated rings. The molecule has 0 spiro atoms. The van der Waals surface area contributed by atoms with Crippen LogP contribution in [0.4, 0.5) is 17.6 Å². The third-order valence-electron chi connectivity index (χ3n) is 3.60. The first-order valence-electron chi connectivity index (χ1n) is 6.63. The fourth-order valence-corrected chi connectivity index (χ4v) is 2.39. The van der Waals surface area contributed by atoms with Gasteiger partial charge in [0.05, 0.1) is 5.56 Å². The SMILES string of the molecule is CN1CCC(NCc2cc(F)cc(C(F)(F)F)c2)CC1. The van der Waals surface area contributed by atoms with E-state index in [2.05, 4.69) is 10.2 Å². The maximum Gasteiger partial charge on any atom is 0.416 e. The van der Waals surface area contributed by atoms with Crippen LogP contribution < -0.4 is 5.32 Å². The molecular weight excluding hydrogens is 272 g/mol. The van der Waals surface area contributed by atoms with Gasteiger partial charge in [0.25, 0.3) is 0 Å². The van der Waals surface area contributed by atoms with Gasteiger partial charge in [0.2, 0.25) is 0 Å². The standard InChI is InChI=1S/C14H18F4N2/c1-20-4-2-13(3-5-20)19-9-10-6-11(14(16,17)18)8-12(15)7-10/h6-8,13,19H,2-5,9H2,1H3. The van der Waals surface area contributed by atoms with Gasteiger partial charge in [-0.2, -0.15) is 13.2 Å². The Bertz CT molecular complexity index is 451. The van der Waals surface area contributed by atoms with Gasteiger partial charge in [-0.15, -0.1) is 0 Å². The van der Waals surface area contributed by atoms with E-state index in [0.717, 1.165) is 38.1 Å². The van der Waals surface area contributed by atoms with Crippen molar-refractivity contribution in [2.45, 2.75) is 31.6 Å². The summed E-state index contributed by atoms with van der Waals surface area (Å²) in [5.74, 6) is -0.847. The molecule has 1 aromatic rings. The molecule has 1 aliphatic heterocycles. The zero-order chi connectivity index (χ0) is 14.8. The number of hydrogen-bond donors (Lipinski definition) is 1. The van der Waals surface area contributed by atoms with Crippen molar-refractivity contribution < 1.29 is 17.6 Å². The first-order chi connectivity index (χ1) is 9.34. The van der Waals surface area contributed by atoms with Crippen LogP contribution in [0.2, 0.25) is 0 Å². The second-order valence-electron chi connectivity index (χ2n) is 5.30. The molecule has 0 atom stereocenters. The van der Waals surface area contributed by atoms with Crippen LogP contribution in [0.25, 0.3) is 0 Å². The number of nitrogens with one attached hydrogen (secondary N) is 1. The fraction of sp³-hybridized carbons (Fsp3) is 0.571. The van der Waals surface area contributed by atoms with E-state index < -0.39 is 17.6 Å². The smallest absolute Gasteiger partial charge is 0.310 e. The summed E-state index contributed by atoms with van der Waals surface area (Å²) in [6.07, 6.45) is -2.60. The average Bonchev–Trinajstić information content (AvgIpc) is 2.36. The first kappa shape index (κ1) is 15.3. The van der Waals surface area contributed by atoms with Gasteiger partial charge < -0.3 is 10.2 Å². The van der Waals surface area contributed by atoms with Gasteiger partial charge in [0, 0.05) is 12.6 Å². The molecule has 2 nitrogen and oxygen atoms in total. The Kier molecular flexibility index (Phi) is 4.65. The van der Waals surface area contributed by atoms with E-state index in [1.54, 1.807) is 0 Å². The van der Waals surface area contributed by atoms with E-state index in [1.807, 2.05) is 7.05 Å². The number of rotatable bonds is 3. The van der Waals surface area contributed by atoms with Gasteiger partial charge in [0.1, 0.15) is 5.82 Å². The van der Waals surface area contributed by atoms with E-state index in [0.29, 0.717) is 11.6 Å². The highest BCUT2D eigenvalue weighted by Crippen LogP contribution is 2.30. The molecule has 0 radical (unpaired) electrons. The highest BCUT2D eigenvalue weighted by molar-refractivity contribution is 5.26. The Morgan fingerprint density at radius 2 is 1.85 bits per heavy atom. The van der Waals surface area contributed by atoms with Gasteiger partial charge in [-0.3, -0.25) is 0 Å². The van der Waals surface area contributed by atoms with Gasteiger partial charge in [-0.1, -0.05) is 0 Å². The minimum atomic E-state index is -4.51. The molecule has 1 N–H and O–H groups in total. The van der Waals surface area contributed by atoms with Gasteiger partial charge in [-0.25, -0.2) is 4.39 Å². The van der Waals surface area contributed by atoms with Gasteiger partial charge in [0.15, 0.2) is 0 Å². The summed E-state index contributed by atoms with van der Waals surface area (Å²) in [5.41, 5.74) is -0.603. The third kappa shape index (κ3) is 4.18. The number of likely N-dealkylation sites (tertiary alicyclic amines) is 1. The van der Waals surface area contributed by atoms with Crippen LogP contribution in [0.3, 0.4) is 0 Å². The highest BCUT2D eigenvalue weighted by atomic mass is 19.4. The molecule has 1 saturated heterocycles. The van der Waals surface area contributed by atoms with Crippen molar-refractivity contribution in [1.29, 1.82) is 0 Å². The Hall–Kier alpha value is -1.14. The largest absolute Gasteiger partial charge is 0.416 e. The predicted molar refractivity (Wildman–Crippen MR) is 68.8 cm³/mol. The molecular formula is C14H18F4N2. The van der Waals surface area contributed by atoms with Crippen molar-refractivity contribution in [3.63, 3.8) is 0 Å². The van der Waals surface area contributed by atoms with Crippen LogP contribution in [-0.2, 0) is 12.7 Å². The monoisotopic (exact) mass is 290 g/mol. The van der Waals surface area contributed by atoms with Crippen LogP contribution in [0.1, 0.15) is 24.0 Å². The molecule has 1 aromatic carbocycles. The predicted octanol–water partition coefficient (Wildman–Crippen LogP) is 3.03. The minimum absolute atomic E-state index is 0.259. The maximum absolute atomic E-state index is 13.2. The zero-order valence-electron chi connectivity index (χ0n) is 11.3. The fourth-order valence-electron chi connectivity index (χ4n) is 2.39. The zero-order valence-corrected chi connectivity index (χ0v) is 11.3. The van der Waals surface area contributed by atoms with E-state index in [1.165, 1.54) is 0 Å². The average molecular weight is 290 g/mol. The van der Waals surface area contributed by atoms with Gasteiger partial charge in [-0.05, 0) is 56.7 Å². The van der Waals surface area contributed by atoms with Crippen molar-refractivity contribution in [2.75, 3.05) is 20.1 Å². The number of hydrogen-bond acceptors (Lipinski definition) is 2. The number of halogens is 4. The summed E-state index contributed by atoms with van der Waals surface area (Å²) in [4.78, 5) is 2.21. The summed E-state index contributed by atoms with van der Waals surface area (Å²) >= 11 is 0. The summed E-state index contributed by atoms with van der Waals surface area (Å²) in [5, 5.41) is 3.20. The maximum atomic E-state index is 13.2. The van der Waals surface area contributed by atoms with Crippen molar-refractivity contribution in [2.24, 2.45) is 0 Å². The lowest BCUT2D eigenvalue weighted by Crippen LogP contribution is -2.40. The third-order valence-corrected chi connectivity index (χ3v) is 3.60. The summed E-state index contributed by atoms with van der Waals surface area (Å²) in [6.45, 7) is 2.19. The Morgan fingerprint density at radius 1 is 1.20 bits per heavy atom. The molecule has 0 aliphatic carbocycles. The molecule has 1 heterocycles. The van der Waals surface area contributed by atoms with Crippen LogP contribution in [0.15, 0.2) is 18.2 Å². The molecule has 0 amide bonds. The minimum Gasteiger partial charge on any atom is -0.310 e.